The monoisotopic (exact) mass is 243 g/mol. The largest absolute Gasteiger partial charge is 0.316 e. The van der Waals surface area contributed by atoms with E-state index in [1.54, 1.807) is 6.20 Å². The Morgan fingerprint density at radius 2 is 2.12 bits per heavy atom. The second kappa shape index (κ2) is 6.26. The lowest BCUT2D eigenvalue weighted by Gasteiger charge is -2.14. The third-order valence-electron chi connectivity index (χ3n) is 2.71. The summed E-state index contributed by atoms with van der Waals surface area (Å²) in [5, 5.41) is 8.38. The topological polar surface area (TPSA) is 29.9 Å². The number of halogens is 1. The van der Waals surface area contributed by atoms with Crippen molar-refractivity contribution in [2.45, 2.75) is 33.1 Å². The fourth-order valence-electron chi connectivity index (χ4n) is 1.82. The Bertz CT molecular complexity index is 301. The van der Waals surface area contributed by atoms with E-state index in [0.717, 1.165) is 30.2 Å². The molecule has 92 valence electrons. The highest BCUT2D eigenvalue weighted by Crippen LogP contribution is 2.25. The molecule has 0 saturated carbocycles. The molecular weight excluding hydrogens is 222 g/mol. The number of nitrogens with one attached hydrogen (secondary N) is 1. The molecule has 0 aromatic carbocycles. The quantitative estimate of drug-likeness (QED) is 0.779. The molecule has 0 amide bonds. The van der Waals surface area contributed by atoms with E-state index in [-0.39, 0.29) is 0 Å². The molecule has 0 spiro atoms. The zero-order valence-corrected chi connectivity index (χ0v) is 11.4. The Kier molecular flexibility index (Phi) is 5.29. The summed E-state index contributed by atoms with van der Waals surface area (Å²) >= 11 is 6.10. The smallest absolute Gasteiger partial charge is 0.0820 e. The average Bonchev–Trinajstić information content (AvgIpc) is 2.53. The van der Waals surface area contributed by atoms with Gasteiger partial charge in [0.25, 0.3) is 0 Å². The lowest BCUT2D eigenvalue weighted by molar-refractivity contribution is 0.513. The summed E-state index contributed by atoms with van der Waals surface area (Å²) in [5.74, 6) is 1.15. The van der Waals surface area contributed by atoms with Gasteiger partial charge in [-0.15, -0.1) is 0 Å². The molecule has 0 aliphatic carbocycles. The summed E-state index contributed by atoms with van der Waals surface area (Å²) in [6, 6.07) is 0. The summed E-state index contributed by atoms with van der Waals surface area (Å²) in [7, 11) is 1.94. The maximum Gasteiger partial charge on any atom is 0.0820 e. The molecule has 1 atom stereocenters. The molecule has 1 unspecified atom stereocenters. The first-order valence-corrected chi connectivity index (χ1v) is 6.28. The van der Waals surface area contributed by atoms with Crippen molar-refractivity contribution in [2.75, 3.05) is 13.1 Å². The Morgan fingerprint density at radius 3 is 2.62 bits per heavy atom. The lowest BCUT2D eigenvalue weighted by atomic mass is 10.0. The zero-order chi connectivity index (χ0) is 12.1. The highest BCUT2D eigenvalue weighted by molar-refractivity contribution is 6.31. The minimum Gasteiger partial charge on any atom is -0.316 e. The van der Waals surface area contributed by atoms with Crippen LogP contribution in [0.4, 0.5) is 0 Å². The molecule has 1 heterocycles. The van der Waals surface area contributed by atoms with Gasteiger partial charge in [0, 0.05) is 13.0 Å². The standard InChI is InChI=1S/C12H22ClN3/c1-9(2)7-14-6-5-10(3)12-11(13)8-15-16(12)4/h8-10,14H,5-7H2,1-4H3. The van der Waals surface area contributed by atoms with E-state index in [0.29, 0.717) is 11.8 Å². The van der Waals surface area contributed by atoms with Gasteiger partial charge in [0.05, 0.1) is 16.9 Å². The van der Waals surface area contributed by atoms with E-state index in [9.17, 15) is 0 Å². The average molecular weight is 244 g/mol. The Balaban J connectivity index is 2.38. The van der Waals surface area contributed by atoms with Crippen LogP contribution in [-0.4, -0.2) is 22.9 Å². The van der Waals surface area contributed by atoms with E-state index in [1.807, 2.05) is 11.7 Å². The van der Waals surface area contributed by atoms with Crippen molar-refractivity contribution in [3.63, 3.8) is 0 Å². The summed E-state index contributed by atoms with van der Waals surface area (Å²) in [6.07, 6.45) is 2.81. The van der Waals surface area contributed by atoms with E-state index in [2.05, 4.69) is 31.2 Å². The summed E-state index contributed by atoms with van der Waals surface area (Å²) in [5.41, 5.74) is 1.13. The number of nitrogens with zero attached hydrogens (tertiary/aromatic N) is 2. The first-order valence-electron chi connectivity index (χ1n) is 5.90. The zero-order valence-electron chi connectivity index (χ0n) is 10.6. The molecule has 1 N–H and O–H groups in total. The second-order valence-corrected chi connectivity index (χ2v) is 5.20. The molecule has 4 heteroatoms. The van der Waals surface area contributed by atoms with Crippen LogP contribution in [0.5, 0.6) is 0 Å². The Labute approximate surface area is 103 Å². The third-order valence-corrected chi connectivity index (χ3v) is 3.00. The van der Waals surface area contributed by atoms with Gasteiger partial charge in [-0.1, -0.05) is 32.4 Å². The minimum atomic E-state index is 0.444. The van der Waals surface area contributed by atoms with Crippen molar-refractivity contribution < 1.29 is 0 Å². The van der Waals surface area contributed by atoms with Gasteiger partial charge in [0.15, 0.2) is 0 Å². The van der Waals surface area contributed by atoms with Crippen molar-refractivity contribution in [3.05, 3.63) is 16.9 Å². The molecule has 1 aromatic heterocycles. The van der Waals surface area contributed by atoms with E-state index < -0.39 is 0 Å². The van der Waals surface area contributed by atoms with E-state index >= 15 is 0 Å². The first-order chi connectivity index (χ1) is 7.52. The molecular formula is C12H22ClN3. The van der Waals surface area contributed by atoms with Crippen molar-refractivity contribution in [3.8, 4) is 0 Å². The summed E-state index contributed by atoms with van der Waals surface area (Å²) < 4.78 is 1.87. The van der Waals surface area contributed by atoms with Crippen molar-refractivity contribution in [2.24, 2.45) is 13.0 Å². The SMILES string of the molecule is CC(C)CNCCC(C)c1c(Cl)cnn1C. The maximum absolute atomic E-state index is 6.10. The van der Waals surface area contributed by atoms with E-state index in [4.69, 9.17) is 11.6 Å². The normalized spacial score (nSPS) is 13.4. The molecule has 1 aromatic rings. The predicted octanol–water partition coefficient (Wildman–Crippen LogP) is 2.81. The van der Waals surface area contributed by atoms with Gasteiger partial charge < -0.3 is 5.32 Å². The van der Waals surface area contributed by atoms with Crippen LogP contribution in [0.2, 0.25) is 5.02 Å². The van der Waals surface area contributed by atoms with Crippen LogP contribution in [0.1, 0.15) is 38.8 Å². The number of rotatable bonds is 6. The molecule has 0 aliphatic heterocycles. The van der Waals surface area contributed by atoms with Crippen molar-refractivity contribution >= 4 is 11.6 Å². The highest BCUT2D eigenvalue weighted by Gasteiger charge is 2.13. The lowest BCUT2D eigenvalue weighted by Crippen LogP contribution is -2.22. The van der Waals surface area contributed by atoms with Gasteiger partial charge in [-0.2, -0.15) is 5.10 Å². The fourth-order valence-corrected chi connectivity index (χ4v) is 2.17. The molecule has 16 heavy (non-hydrogen) atoms. The predicted molar refractivity (Wildman–Crippen MR) is 69.0 cm³/mol. The van der Waals surface area contributed by atoms with Crippen LogP contribution < -0.4 is 5.32 Å². The Morgan fingerprint density at radius 1 is 1.44 bits per heavy atom. The second-order valence-electron chi connectivity index (χ2n) is 4.79. The third kappa shape index (κ3) is 3.80. The van der Waals surface area contributed by atoms with Crippen LogP contribution in [0.25, 0.3) is 0 Å². The van der Waals surface area contributed by atoms with Crippen LogP contribution in [0, 0.1) is 5.92 Å². The number of aryl methyl sites for hydroxylation is 1. The molecule has 0 bridgehead atoms. The molecule has 0 saturated heterocycles. The van der Waals surface area contributed by atoms with Crippen molar-refractivity contribution in [1.82, 2.24) is 15.1 Å². The van der Waals surface area contributed by atoms with Crippen LogP contribution in [0.15, 0.2) is 6.20 Å². The van der Waals surface area contributed by atoms with Crippen LogP contribution in [-0.2, 0) is 7.05 Å². The number of hydrogen-bond donors (Lipinski definition) is 1. The fraction of sp³-hybridized carbons (Fsp3) is 0.750. The minimum absolute atomic E-state index is 0.444. The highest BCUT2D eigenvalue weighted by atomic mass is 35.5. The van der Waals surface area contributed by atoms with Gasteiger partial charge in [0.1, 0.15) is 0 Å². The molecule has 0 aliphatic rings. The van der Waals surface area contributed by atoms with Gasteiger partial charge in [-0.3, -0.25) is 4.68 Å². The maximum atomic E-state index is 6.10. The van der Waals surface area contributed by atoms with Crippen molar-refractivity contribution in [1.29, 1.82) is 0 Å². The summed E-state index contributed by atoms with van der Waals surface area (Å²) in [4.78, 5) is 0. The molecule has 0 fully saturated rings. The summed E-state index contributed by atoms with van der Waals surface area (Å²) in [6.45, 7) is 8.73. The molecule has 3 nitrogen and oxygen atoms in total. The van der Waals surface area contributed by atoms with E-state index in [1.165, 1.54) is 0 Å². The van der Waals surface area contributed by atoms with Crippen LogP contribution in [0.3, 0.4) is 0 Å². The first kappa shape index (κ1) is 13.5. The van der Waals surface area contributed by atoms with Gasteiger partial charge in [-0.05, 0) is 25.4 Å². The van der Waals surface area contributed by atoms with Gasteiger partial charge >= 0.3 is 0 Å². The van der Waals surface area contributed by atoms with Gasteiger partial charge in [-0.25, -0.2) is 0 Å². The molecule has 1 rings (SSSR count). The molecule has 0 radical (unpaired) electrons. The van der Waals surface area contributed by atoms with Gasteiger partial charge in [0.2, 0.25) is 0 Å². The number of aromatic nitrogens is 2. The van der Waals surface area contributed by atoms with Crippen LogP contribution >= 0.6 is 11.6 Å². The Hall–Kier alpha value is -0.540. The number of hydrogen-bond acceptors (Lipinski definition) is 2.